The molecule has 1 fully saturated rings. The van der Waals surface area contributed by atoms with Gasteiger partial charge in [0, 0.05) is 17.3 Å². The Morgan fingerprint density at radius 2 is 1.79 bits per heavy atom. The molecule has 104 valence electrons. The van der Waals surface area contributed by atoms with E-state index in [4.69, 9.17) is 5.73 Å². The van der Waals surface area contributed by atoms with Crippen molar-refractivity contribution in [3.8, 4) is 0 Å². The second-order valence-corrected chi connectivity index (χ2v) is 5.61. The predicted molar refractivity (Wildman–Crippen MR) is 80.0 cm³/mol. The lowest BCUT2D eigenvalue weighted by molar-refractivity contribution is -0.120. The van der Waals surface area contributed by atoms with E-state index in [0.29, 0.717) is 0 Å². The molecule has 0 bridgehead atoms. The zero-order valence-electron chi connectivity index (χ0n) is 11.7. The van der Waals surface area contributed by atoms with E-state index in [9.17, 15) is 4.79 Å². The maximum Gasteiger partial charge on any atom is 0.227 e. The van der Waals surface area contributed by atoms with Gasteiger partial charge in [-0.2, -0.15) is 0 Å². The molecule has 0 spiro atoms. The van der Waals surface area contributed by atoms with Gasteiger partial charge in [-0.3, -0.25) is 4.79 Å². The zero-order valence-corrected chi connectivity index (χ0v) is 11.7. The SMILES string of the molecule is Cc1cc(N)ccc1NC(=O)C1CCCCCCC1. The van der Waals surface area contributed by atoms with Gasteiger partial charge in [0.15, 0.2) is 0 Å². The fourth-order valence-electron chi connectivity index (χ4n) is 2.78. The van der Waals surface area contributed by atoms with E-state index in [1.807, 2.05) is 25.1 Å². The summed E-state index contributed by atoms with van der Waals surface area (Å²) in [5.74, 6) is 0.354. The first kappa shape index (κ1) is 13.9. The number of amides is 1. The third-order valence-corrected chi connectivity index (χ3v) is 3.98. The molecular formula is C16H24N2O. The van der Waals surface area contributed by atoms with Gasteiger partial charge in [-0.05, 0) is 43.5 Å². The molecule has 2 rings (SSSR count). The number of nitrogens with two attached hydrogens (primary N) is 1. The summed E-state index contributed by atoms with van der Waals surface area (Å²) < 4.78 is 0. The molecule has 0 atom stereocenters. The molecule has 0 unspecified atom stereocenters. The average molecular weight is 260 g/mol. The molecule has 1 aliphatic carbocycles. The van der Waals surface area contributed by atoms with Gasteiger partial charge in [0.1, 0.15) is 0 Å². The highest BCUT2D eigenvalue weighted by atomic mass is 16.1. The van der Waals surface area contributed by atoms with Gasteiger partial charge in [-0.25, -0.2) is 0 Å². The molecule has 3 nitrogen and oxygen atoms in total. The molecule has 1 aromatic rings. The molecule has 0 aliphatic heterocycles. The number of nitrogens with one attached hydrogen (secondary N) is 1. The van der Waals surface area contributed by atoms with Crippen LogP contribution in [-0.4, -0.2) is 5.91 Å². The number of rotatable bonds is 2. The second kappa shape index (κ2) is 6.60. The van der Waals surface area contributed by atoms with E-state index in [-0.39, 0.29) is 11.8 Å². The number of aryl methyl sites for hydroxylation is 1. The average Bonchev–Trinajstić information content (AvgIpc) is 2.32. The largest absolute Gasteiger partial charge is 0.399 e. The molecule has 0 radical (unpaired) electrons. The van der Waals surface area contributed by atoms with Crippen LogP contribution >= 0.6 is 0 Å². The van der Waals surface area contributed by atoms with E-state index in [2.05, 4.69) is 5.32 Å². The van der Waals surface area contributed by atoms with Crippen LogP contribution in [0.4, 0.5) is 11.4 Å². The molecule has 19 heavy (non-hydrogen) atoms. The Kier molecular flexibility index (Phi) is 4.83. The molecule has 0 aromatic heterocycles. The monoisotopic (exact) mass is 260 g/mol. The Hall–Kier alpha value is -1.51. The third kappa shape index (κ3) is 3.98. The molecule has 3 heteroatoms. The Labute approximate surface area is 115 Å². The van der Waals surface area contributed by atoms with Crippen molar-refractivity contribution in [3.63, 3.8) is 0 Å². The Morgan fingerprint density at radius 1 is 1.16 bits per heavy atom. The number of hydrogen-bond donors (Lipinski definition) is 2. The summed E-state index contributed by atoms with van der Waals surface area (Å²) in [5.41, 5.74) is 8.38. The fourth-order valence-corrected chi connectivity index (χ4v) is 2.78. The van der Waals surface area contributed by atoms with Crippen LogP contribution in [0.15, 0.2) is 18.2 Å². The maximum absolute atomic E-state index is 12.3. The van der Waals surface area contributed by atoms with Crippen LogP contribution in [0.5, 0.6) is 0 Å². The van der Waals surface area contributed by atoms with Gasteiger partial charge >= 0.3 is 0 Å². The number of benzene rings is 1. The minimum Gasteiger partial charge on any atom is -0.399 e. The lowest BCUT2D eigenvalue weighted by Gasteiger charge is -2.19. The highest BCUT2D eigenvalue weighted by Gasteiger charge is 2.19. The summed E-state index contributed by atoms with van der Waals surface area (Å²) in [6, 6.07) is 5.62. The van der Waals surface area contributed by atoms with E-state index < -0.39 is 0 Å². The molecular weight excluding hydrogens is 236 g/mol. The molecule has 1 saturated carbocycles. The van der Waals surface area contributed by atoms with Crippen molar-refractivity contribution in [1.82, 2.24) is 0 Å². The van der Waals surface area contributed by atoms with Crippen LogP contribution in [0.1, 0.15) is 50.5 Å². The van der Waals surface area contributed by atoms with Crippen molar-refractivity contribution in [2.24, 2.45) is 5.92 Å². The van der Waals surface area contributed by atoms with Gasteiger partial charge < -0.3 is 11.1 Å². The van der Waals surface area contributed by atoms with E-state index in [1.54, 1.807) is 0 Å². The number of nitrogen functional groups attached to an aromatic ring is 1. The van der Waals surface area contributed by atoms with Gasteiger partial charge in [0.25, 0.3) is 0 Å². The Balaban J connectivity index is 1.98. The Morgan fingerprint density at radius 3 is 2.42 bits per heavy atom. The minimum atomic E-state index is 0.176. The van der Waals surface area contributed by atoms with Crippen molar-refractivity contribution in [1.29, 1.82) is 0 Å². The highest BCUT2D eigenvalue weighted by Crippen LogP contribution is 2.25. The van der Waals surface area contributed by atoms with E-state index in [0.717, 1.165) is 29.8 Å². The molecule has 0 saturated heterocycles. The standard InChI is InChI=1S/C16H24N2O/c1-12-11-14(17)9-10-15(12)18-16(19)13-7-5-3-2-4-6-8-13/h9-11,13H,2-8,17H2,1H3,(H,18,19). The van der Waals surface area contributed by atoms with Gasteiger partial charge in [0.2, 0.25) is 5.91 Å². The normalized spacial score (nSPS) is 17.5. The summed E-state index contributed by atoms with van der Waals surface area (Å²) >= 11 is 0. The van der Waals surface area contributed by atoms with Gasteiger partial charge in [-0.1, -0.05) is 32.1 Å². The first-order valence-corrected chi connectivity index (χ1v) is 7.34. The van der Waals surface area contributed by atoms with Gasteiger partial charge in [-0.15, -0.1) is 0 Å². The van der Waals surface area contributed by atoms with Crippen molar-refractivity contribution in [2.45, 2.75) is 51.9 Å². The first-order chi connectivity index (χ1) is 9.16. The van der Waals surface area contributed by atoms with Crippen LogP contribution in [0.2, 0.25) is 0 Å². The summed E-state index contributed by atoms with van der Waals surface area (Å²) in [5, 5.41) is 3.06. The summed E-state index contributed by atoms with van der Waals surface area (Å²) in [6.07, 6.45) is 8.28. The quantitative estimate of drug-likeness (QED) is 0.793. The topological polar surface area (TPSA) is 55.1 Å². The number of hydrogen-bond acceptors (Lipinski definition) is 2. The van der Waals surface area contributed by atoms with Crippen LogP contribution < -0.4 is 11.1 Å². The minimum absolute atomic E-state index is 0.176. The third-order valence-electron chi connectivity index (χ3n) is 3.98. The van der Waals surface area contributed by atoms with Crippen LogP contribution in [0, 0.1) is 12.8 Å². The molecule has 1 aromatic carbocycles. The Bertz CT molecular complexity index is 434. The summed E-state index contributed by atoms with van der Waals surface area (Å²) in [4.78, 5) is 12.3. The molecule has 0 heterocycles. The maximum atomic E-state index is 12.3. The van der Waals surface area contributed by atoms with E-state index >= 15 is 0 Å². The smallest absolute Gasteiger partial charge is 0.227 e. The highest BCUT2D eigenvalue weighted by molar-refractivity contribution is 5.93. The molecule has 3 N–H and O–H groups in total. The zero-order chi connectivity index (χ0) is 13.7. The lowest BCUT2D eigenvalue weighted by Crippen LogP contribution is -2.24. The molecule has 1 aliphatic rings. The van der Waals surface area contributed by atoms with Crippen LogP contribution in [0.25, 0.3) is 0 Å². The van der Waals surface area contributed by atoms with Crippen molar-refractivity contribution >= 4 is 17.3 Å². The predicted octanol–water partition coefficient (Wildman–Crippen LogP) is 3.88. The van der Waals surface area contributed by atoms with Crippen LogP contribution in [-0.2, 0) is 4.79 Å². The van der Waals surface area contributed by atoms with Crippen LogP contribution in [0.3, 0.4) is 0 Å². The number of carbonyl (C=O) groups excluding carboxylic acids is 1. The van der Waals surface area contributed by atoms with Crippen molar-refractivity contribution < 1.29 is 4.79 Å². The fraction of sp³-hybridized carbons (Fsp3) is 0.562. The summed E-state index contributed by atoms with van der Waals surface area (Å²) in [6.45, 7) is 1.98. The first-order valence-electron chi connectivity index (χ1n) is 7.34. The number of carbonyl (C=O) groups is 1. The van der Waals surface area contributed by atoms with Crippen molar-refractivity contribution in [3.05, 3.63) is 23.8 Å². The van der Waals surface area contributed by atoms with Crippen molar-refractivity contribution in [2.75, 3.05) is 11.1 Å². The van der Waals surface area contributed by atoms with Gasteiger partial charge in [0.05, 0.1) is 0 Å². The number of anilines is 2. The lowest BCUT2D eigenvalue weighted by atomic mass is 9.90. The summed E-state index contributed by atoms with van der Waals surface area (Å²) in [7, 11) is 0. The second-order valence-electron chi connectivity index (χ2n) is 5.61. The molecule has 1 amide bonds. The van der Waals surface area contributed by atoms with E-state index in [1.165, 1.54) is 32.1 Å².